The van der Waals surface area contributed by atoms with Crippen LogP contribution in [-0.4, -0.2) is 0 Å². The van der Waals surface area contributed by atoms with E-state index < -0.39 is 0 Å². The van der Waals surface area contributed by atoms with Crippen molar-refractivity contribution in [2.24, 2.45) is 0 Å². The van der Waals surface area contributed by atoms with Gasteiger partial charge in [0.25, 0.3) is 0 Å². The number of hydrogen-bond donors (Lipinski definition) is 1. The van der Waals surface area contributed by atoms with Crippen LogP contribution >= 0.6 is 24.0 Å². The maximum absolute atomic E-state index is 4.82. The molecule has 0 atom stereocenters. The highest BCUT2D eigenvalue weighted by Gasteiger charge is 2.19. The Morgan fingerprint density at radius 3 is 1.31 bits per heavy atom. The Labute approximate surface area is 450 Å². The first-order valence-corrected chi connectivity index (χ1v) is 26.3. The molecule has 0 aliphatic rings. The molecular weight excluding hydrogens is 929 g/mol. The quantitative estimate of drug-likeness (QED) is 0.0424. The molecule has 9 rings (SSSR count). The van der Waals surface area contributed by atoms with Crippen LogP contribution in [0.1, 0.15) is 74.5 Å². The standard InChI is InChI=1S/C66H52S2.C4H8.C2H4/c1-3-5-6-19-35-63(67)64-45-44-56(68-64)31-22-34-58-57(4-2)65(54-40-36-48(37-41-54)46-61(50-23-11-7-12-24-50)51-25-13-8-14-26-51)59-32-20-21-33-60(59)66(58)55-42-38-49(39-43-55)47-62(52-27-15-9-16-28-52)53-29-17-10-18-30-53;1-3-4-2;1-2/h3-4,6-30,32-47,67H,1-2,5,31H2;3-4H,1-2H3;1-2H2/b19-6+,34-22-,63-35-;4-3-;. The van der Waals surface area contributed by atoms with Crippen LogP contribution in [0, 0.1) is 0 Å². The van der Waals surface area contributed by atoms with Crippen molar-refractivity contribution in [2.45, 2.75) is 26.7 Å². The summed E-state index contributed by atoms with van der Waals surface area (Å²) in [6, 6.07) is 73.8. The van der Waals surface area contributed by atoms with Crippen LogP contribution in [0.3, 0.4) is 0 Å². The van der Waals surface area contributed by atoms with E-state index >= 15 is 0 Å². The highest BCUT2D eigenvalue weighted by molar-refractivity contribution is 7.90. The van der Waals surface area contributed by atoms with E-state index in [-0.39, 0.29) is 0 Å². The van der Waals surface area contributed by atoms with Crippen molar-refractivity contribution in [3.05, 3.63) is 329 Å². The second-order valence-corrected chi connectivity index (χ2v) is 18.8. The van der Waals surface area contributed by atoms with Crippen molar-refractivity contribution in [1.82, 2.24) is 0 Å². The maximum Gasteiger partial charge on any atom is 0.0406 e. The number of thiophene rings is 1. The van der Waals surface area contributed by atoms with Crippen LogP contribution in [0.5, 0.6) is 0 Å². The van der Waals surface area contributed by atoms with Gasteiger partial charge < -0.3 is 0 Å². The van der Waals surface area contributed by atoms with Crippen LogP contribution in [0.25, 0.3) is 73.4 Å². The fourth-order valence-corrected chi connectivity index (χ4v) is 9.99. The lowest BCUT2D eigenvalue weighted by molar-refractivity contribution is 1.35. The summed E-state index contributed by atoms with van der Waals surface area (Å²) in [5.41, 5.74) is 16.3. The summed E-state index contributed by atoms with van der Waals surface area (Å²) in [6.07, 6.45) is 25.0. The molecule has 1 heterocycles. The van der Waals surface area contributed by atoms with E-state index in [9.17, 15) is 0 Å². The summed E-state index contributed by atoms with van der Waals surface area (Å²) in [7, 11) is 0. The Hall–Kier alpha value is -8.27. The van der Waals surface area contributed by atoms with Gasteiger partial charge in [0.15, 0.2) is 0 Å². The van der Waals surface area contributed by atoms with Crippen molar-refractivity contribution in [1.29, 1.82) is 0 Å². The van der Waals surface area contributed by atoms with Gasteiger partial charge in [-0.05, 0) is 139 Å². The summed E-state index contributed by atoms with van der Waals surface area (Å²) in [6.45, 7) is 18.3. The lowest BCUT2D eigenvalue weighted by Gasteiger charge is -2.20. The van der Waals surface area contributed by atoms with Gasteiger partial charge >= 0.3 is 0 Å². The molecule has 0 saturated carbocycles. The third-order valence-corrected chi connectivity index (χ3v) is 14.1. The number of hydrogen-bond acceptors (Lipinski definition) is 2. The lowest BCUT2D eigenvalue weighted by Crippen LogP contribution is -1.96. The summed E-state index contributed by atoms with van der Waals surface area (Å²) < 4.78 is 0. The Kier molecular flexibility index (Phi) is 20.3. The molecule has 0 amide bonds. The summed E-state index contributed by atoms with van der Waals surface area (Å²) >= 11 is 6.60. The van der Waals surface area contributed by atoms with Gasteiger partial charge in [-0.3, -0.25) is 0 Å². The first kappa shape index (κ1) is 53.5. The van der Waals surface area contributed by atoms with Gasteiger partial charge in [-0.1, -0.05) is 249 Å². The number of fused-ring (bicyclic) bond motifs is 1. The number of allylic oxidation sites excluding steroid dienone is 7. The second-order valence-electron chi connectivity index (χ2n) is 17.2. The molecule has 74 heavy (non-hydrogen) atoms. The molecular formula is C72H64S2. The highest BCUT2D eigenvalue weighted by Crippen LogP contribution is 2.44. The summed E-state index contributed by atoms with van der Waals surface area (Å²) in [4.78, 5) is 3.37. The monoisotopic (exact) mass is 992 g/mol. The highest BCUT2D eigenvalue weighted by atomic mass is 32.1. The number of thiol groups is 1. The molecule has 0 aliphatic heterocycles. The van der Waals surface area contributed by atoms with Crippen LogP contribution in [0.2, 0.25) is 0 Å². The first-order chi connectivity index (χ1) is 36.5. The van der Waals surface area contributed by atoms with Gasteiger partial charge in [0, 0.05) is 21.1 Å². The number of rotatable bonds is 16. The van der Waals surface area contributed by atoms with Gasteiger partial charge in [0.05, 0.1) is 0 Å². The minimum Gasteiger partial charge on any atom is -0.142 e. The maximum atomic E-state index is 4.82. The molecule has 2 heteroatoms. The predicted molar refractivity (Wildman–Crippen MR) is 334 cm³/mol. The molecule has 1 aromatic heterocycles. The second kappa shape index (κ2) is 28.1. The third-order valence-electron chi connectivity index (χ3n) is 12.4. The molecule has 0 spiro atoms. The predicted octanol–water partition coefficient (Wildman–Crippen LogP) is 21.1. The van der Waals surface area contributed by atoms with E-state index in [1.807, 2.05) is 44.2 Å². The van der Waals surface area contributed by atoms with E-state index in [2.05, 4.69) is 269 Å². The Morgan fingerprint density at radius 1 is 0.486 bits per heavy atom. The zero-order chi connectivity index (χ0) is 51.9. The molecule has 0 bridgehead atoms. The van der Waals surface area contributed by atoms with E-state index in [0.717, 1.165) is 56.0 Å². The minimum atomic E-state index is 0.786. The zero-order valence-electron chi connectivity index (χ0n) is 42.6. The molecule has 8 aromatic carbocycles. The Morgan fingerprint density at radius 2 is 0.905 bits per heavy atom. The van der Waals surface area contributed by atoms with Gasteiger partial charge in [0.1, 0.15) is 0 Å². The van der Waals surface area contributed by atoms with Crippen LogP contribution in [0.4, 0.5) is 0 Å². The molecule has 0 radical (unpaired) electrons. The van der Waals surface area contributed by atoms with Gasteiger partial charge in [0.2, 0.25) is 0 Å². The van der Waals surface area contributed by atoms with E-state index in [1.165, 1.54) is 60.2 Å². The Bertz CT molecular complexity index is 3330. The lowest BCUT2D eigenvalue weighted by atomic mass is 9.83. The average Bonchev–Trinajstić information content (AvgIpc) is 3.96. The molecule has 0 nitrogen and oxygen atoms in total. The molecule has 9 aromatic rings. The van der Waals surface area contributed by atoms with E-state index in [0.29, 0.717) is 0 Å². The topological polar surface area (TPSA) is 0 Å². The molecule has 364 valence electrons. The number of benzene rings is 8. The van der Waals surface area contributed by atoms with Crippen LogP contribution in [-0.2, 0) is 6.42 Å². The normalized spacial score (nSPS) is 11.1. The van der Waals surface area contributed by atoms with E-state index in [4.69, 9.17) is 12.6 Å². The summed E-state index contributed by atoms with van der Waals surface area (Å²) in [5, 5.41) is 2.38. The van der Waals surface area contributed by atoms with Gasteiger partial charge in [-0.2, -0.15) is 0 Å². The Balaban J connectivity index is 0.00000127. The third kappa shape index (κ3) is 13.8. The summed E-state index contributed by atoms with van der Waals surface area (Å²) in [5.74, 6) is 0. The smallest absolute Gasteiger partial charge is 0.0406 e. The van der Waals surface area contributed by atoms with E-state index in [1.54, 1.807) is 11.3 Å². The average molecular weight is 993 g/mol. The molecule has 0 unspecified atom stereocenters. The van der Waals surface area contributed by atoms with Crippen molar-refractivity contribution in [3.8, 4) is 22.3 Å². The largest absolute Gasteiger partial charge is 0.142 e. The van der Waals surface area contributed by atoms with Gasteiger partial charge in [-0.25, -0.2) is 0 Å². The fourth-order valence-electron chi connectivity index (χ4n) is 8.78. The molecule has 0 fully saturated rings. The zero-order valence-corrected chi connectivity index (χ0v) is 44.3. The minimum absolute atomic E-state index is 0.786. The van der Waals surface area contributed by atoms with Crippen molar-refractivity contribution < 1.29 is 0 Å². The molecule has 0 saturated heterocycles. The van der Waals surface area contributed by atoms with Crippen LogP contribution in [0.15, 0.2) is 275 Å². The molecule has 0 aliphatic carbocycles. The SMILES string of the molecule is C/C=C\C.C=C.C=CC/C=C/C=C(\S)c1ccc(C/C=C\c2c(C=C)c(-c3ccc(C=C(c4ccccc4)c4ccccc4)cc3)c3ccccc3c2-c2ccc(C=C(c3ccccc3)c3ccccc3)cc2)s1. The first-order valence-electron chi connectivity index (χ1n) is 25.1. The van der Waals surface area contributed by atoms with Crippen LogP contribution < -0.4 is 0 Å². The van der Waals surface area contributed by atoms with Gasteiger partial charge in [-0.15, -0.1) is 43.7 Å². The van der Waals surface area contributed by atoms with Crippen molar-refractivity contribution in [2.75, 3.05) is 0 Å². The molecule has 0 N–H and O–H groups in total. The van der Waals surface area contributed by atoms with Crippen molar-refractivity contribution >= 4 is 75.1 Å². The fraction of sp³-hybridized carbons (Fsp3) is 0.0556. The van der Waals surface area contributed by atoms with Crippen molar-refractivity contribution in [3.63, 3.8) is 0 Å².